The lowest BCUT2D eigenvalue weighted by Gasteiger charge is -2.39. The van der Waals surface area contributed by atoms with Crippen LogP contribution < -0.4 is 5.32 Å². The maximum absolute atomic E-state index is 11.2. The van der Waals surface area contributed by atoms with Gasteiger partial charge in [0.05, 0.1) is 5.60 Å². The van der Waals surface area contributed by atoms with Crippen molar-refractivity contribution in [3.05, 3.63) is 0 Å². The van der Waals surface area contributed by atoms with Gasteiger partial charge in [0, 0.05) is 25.2 Å². The first kappa shape index (κ1) is 18.9. The molecular weight excluding hydrogens is 262 g/mol. The SMILES string of the molecule is CCCNC(CCCS(C)(=O)=O)C(CC)(CC)OC. The molecule has 1 unspecified atom stereocenters. The summed E-state index contributed by atoms with van der Waals surface area (Å²) in [5, 5.41) is 3.53. The lowest BCUT2D eigenvalue weighted by Crippen LogP contribution is -2.51. The van der Waals surface area contributed by atoms with Crippen molar-refractivity contribution in [2.24, 2.45) is 0 Å². The highest BCUT2D eigenvalue weighted by Gasteiger charge is 2.35. The molecule has 0 radical (unpaired) electrons. The van der Waals surface area contributed by atoms with Gasteiger partial charge in [-0.15, -0.1) is 0 Å². The van der Waals surface area contributed by atoms with Gasteiger partial charge in [0.25, 0.3) is 0 Å². The van der Waals surface area contributed by atoms with E-state index in [1.165, 1.54) is 6.26 Å². The molecule has 0 fully saturated rings. The minimum absolute atomic E-state index is 0.188. The highest BCUT2D eigenvalue weighted by Crippen LogP contribution is 2.27. The van der Waals surface area contributed by atoms with Crippen LogP contribution in [0.15, 0.2) is 0 Å². The third kappa shape index (κ3) is 6.72. The van der Waals surface area contributed by atoms with Crippen LogP contribution in [0.4, 0.5) is 0 Å². The average molecular weight is 293 g/mol. The fourth-order valence-electron chi connectivity index (χ4n) is 2.59. The second kappa shape index (κ2) is 8.93. The van der Waals surface area contributed by atoms with Crippen LogP contribution in [0.3, 0.4) is 0 Å². The van der Waals surface area contributed by atoms with Crippen molar-refractivity contribution in [2.75, 3.05) is 25.7 Å². The molecule has 0 aromatic carbocycles. The predicted octanol–water partition coefficient (Wildman–Crippen LogP) is 2.38. The van der Waals surface area contributed by atoms with E-state index in [2.05, 4.69) is 26.1 Å². The van der Waals surface area contributed by atoms with Gasteiger partial charge in [-0.25, -0.2) is 8.42 Å². The largest absolute Gasteiger partial charge is 0.377 e. The zero-order valence-electron chi connectivity index (χ0n) is 13.2. The third-order valence-corrected chi connectivity index (χ3v) is 4.92. The van der Waals surface area contributed by atoms with Gasteiger partial charge in [-0.05, 0) is 38.6 Å². The highest BCUT2D eigenvalue weighted by atomic mass is 32.2. The van der Waals surface area contributed by atoms with Gasteiger partial charge in [0.15, 0.2) is 0 Å². The van der Waals surface area contributed by atoms with Crippen LogP contribution in [0.2, 0.25) is 0 Å². The van der Waals surface area contributed by atoms with Crippen molar-refractivity contribution >= 4 is 9.84 Å². The Kier molecular flexibility index (Phi) is 8.86. The first-order valence-electron chi connectivity index (χ1n) is 7.31. The molecule has 4 nitrogen and oxygen atoms in total. The van der Waals surface area contributed by atoms with Crippen LogP contribution in [0.1, 0.15) is 52.9 Å². The molecule has 116 valence electrons. The van der Waals surface area contributed by atoms with E-state index in [1.807, 2.05) is 0 Å². The highest BCUT2D eigenvalue weighted by molar-refractivity contribution is 7.90. The summed E-state index contributed by atoms with van der Waals surface area (Å²) in [6, 6.07) is 0.217. The minimum atomic E-state index is -2.87. The molecule has 0 aliphatic heterocycles. The molecule has 0 rings (SSSR count). The van der Waals surface area contributed by atoms with Crippen LogP contribution in [0.25, 0.3) is 0 Å². The van der Waals surface area contributed by atoms with Gasteiger partial charge in [-0.2, -0.15) is 0 Å². The Bertz CT molecular complexity index is 315. The number of nitrogens with one attached hydrogen (secondary N) is 1. The number of ether oxygens (including phenoxy) is 1. The summed E-state index contributed by atoms with van der Waals surface area (Å²) in [6.07, 6.45) is 5.74. The van der Waals surface area contributed by atoms with E-state index < -0.39 is 9.84 Å². The molecule has 0 saturated carbocycles. The van der Waals surface area contributed by atoms with E-state index in [0.717, 1.165) is 32.2 Å². The van der Waals surface area contributed by atoms with Crippen molar-refractivity contribution in [3.8, 4) is 0 Å². The number of hydrogen-bond donors (Lipinski definition) is 1. The molecular formula is C14H31NO3S. The van der Waals surface area contributed by atoms with Crippen LogP contribution >= 0.6 is 0 Å². The number of hydrogen-bond acceptors (Lipinski definition) is 4. The topological polar surface area (TPSA) is 55.4 Å². The Labute approximate surface area is 119 Å². The maximum atomic E-state index is 11.2. The molecule has 0 aromatic rings. The normalized spacial score (nSPS) is 14.6. The van der Waals surface area contributed by atoms with E-state index in [0.29, 0.717) is 6.42 Å². The predicted molar refractivity (Wildman–Crippen MR) is 81.3 cm³/mol. The summed E-state index contributed by atoms with van der Waals surface area (Å²) < 4.78 is 28.2. The van der Waals surface area contributed by atoms with Crippen LogP contribution in [0, 0.1) is 0 Å². The van der Waals surface area contributed by atoms with Crippen molar-refractivity contribution < 1.29 is 13.2 Å². The number of sulfone groups is 1. The van der Waals surface area contributed by atoms with E-state index in [9.17, 15) is 8.42 Å². The molecule has 0 saturated heterocycles. The molecule has 0 spiro atoms. The zero-order valence-corrected chi connectivity index (χ0v) is 14.0. The lowest BCUT2D eigenvalue weighted by molar-refractivity contribution is -0.0494. The molecule has 0 aliphatic carbocycles. The average Bonchev–Trinajstić information content (AvgIpc) is 2.36. The standard InChI is InChI=1S/C14H31NO3S/c1-6-11-15-13(10-9-12-19(5,16)17)14(7-2,8-3)18-4/h13,15H,6-12H2,1-5H3. The van der Waals surface area contributed by atoms with Gasteiger partial charge in [-0.1, -0.05) is 20.8 Å². The van der Waals surface area contributed by atoms with Crippen LogP contribution in [-0.4, -0.2) is 45.7 Å². The van der Waals surface area contributed by atoms with Gasteiger partial charge in [0.2, 0.25) is 0 Å². The molecule has 0 bridgehead atoms. The second-order valence-electron chi connectivity index (χ2n) is 5.25. The molecule has 1 atom stereocenters. The molecule has 0 heterocycles. The van der Waals surface area contributed by atoms with Crippen molar-refractivity contribution in [1.29, 1.82) is 0 Å². The van der Waals surface area contributed by atoms with Gasteiger partial charge < -0.3 is 10.1 Å². The summed E-state index contributed by atoms with van der Waals surface area (Å²) in [5.74, 6) is 0.254. The summed E-state index contributed by atoms with van der Waals surface area (Å²) in [7, 11) is -1.12. The Hall–Kier alpha value is -0.130. The Morgan fingerprint density at radius 2 is 1.79 bits per heavy atom. The number of methoxy groups -OCH3 is 1. The summed E-state index contributed by atoms with van der Waals surface area (Å²) in [5.41, 5.74) is -0.188. The molecule has 5 heteroatoms. The van der Waals surface area contributed by atoms with Crippen molar-refractivity contribution in [1.82, 2.24) is 5.32 Å². The fourth-order valence-corrected chi connectivity index (χ4v) is 3.28. The fraction of sp³-hybridized carbons (Fsp3) is 1.00. The Balaban J connectivity index is 4.68. The molecule has 0 amide bonds. The van der Waals surface area contributed by atoms with E-state index in [1.54, 1.807) is 7.11 Å². The van der Waals surface area contributed by atoms with Gasteiger partial charge in [0.1, 0.15) is 9.84 Å². The first-order chi connectivity index (χ1) is 8.85. The van der Waals surface area contributed by atoms with Crippen molar-refractivity contribution in [3.63, 3.8) is 0 Å². The summed E-state index contributed by atoms with van der Waals surface area (Å²) in [6.45, 7) is 7.33. The number of rotatable bonds is 11. The molecule has 0 aromatic heterocycles. The Morgan fingerprint density at radius 1 is 1.21 bits per heavy atom. The van der Waals surface area contributed by atoms with E-state index in [4.69, 9.17) is 4.74 Å². The second-order valence-corrected chi connectivity index (χ2v) is 7.51. The smallest absolute Gasteiger partial charge is 0.147 e. The van der Waals surface area contributed by atoms with Gasteiger partial charge >= 0.3 is 0 Å². The van der Waals surface area contributed by atoms with Gasteiger partial charge in [-0.3, -0.25) is 0 Å². The van der Waals surface area contributed by atoms with Crippen LogP contribution in [-0.2, 0) is 14.6 Å². The van der Waals surface area contributed by atoms with Crippen molar-refractivity contribution in [2.45, 2.75) is 64.5 Å². The molecule has 1 N–H and O–H groups in total. The van der Waals surface area contributed by atoms with E-state index in [-0.39, 0.29) is 17.4 Å². The molecule has 19 heavy (non-hydrogen) atoms. The van der Waals surface area contributed by atoms with E-state index >= 15 is 0 Å². The maximum Gasteiger partial charge on any atom is 0.147 e. The zero-order chi connectivity index (χ0) is 14.9. The quantitative estimate of drug-likeness (QED) is 0.635. The lowest BCUT2D eigenvalue weighted by atomic mass is 9.85. The monoisotopic (exact) mass is 293 g/mol. The molecule has 0 aliphatic rings. The third-order valence-electron chi connectivity index (χ3n) is 3.89. The summed E-state index contributed by atoms with van der Waals surface area (Å²) in [4.78, 5) is 0. The van der Waals surface area contributed by atoms with Crippen LogP contribution in [0.5, 0.6) is 0 Å². The minimum Gasteiger partial charge on any atom is -0.377 e. The Morgan fingerprint density at radius 3 is 2.16 bits per heavy atom. The summed E-state index contributed by atoms with van der Waals surface area (Å²) >= 11 is 0. The first-order valence-corrected chi connectivity index (χ1v) is 9.37.